The van der Waals surface area contributed by atoms with Gasteiger partial charge in [-0.05, 0) is 13.0 Å². The van der Waals surface area contributed by atoms with Gasteiger partial charge in [-0.15, -0.1) is 0 Å². The van der Waals surface area contributed by atoms with E-state index in [0.717, 1.165) is 0 Å². The molecule has 7 nitrogen and oxygen atoms in total. The highest BCUT2D eigenvalue weighted by atomic mass is 16.5. The van der Waals surface area contributed by atoms with Crippen molar-refractivity contribution in [1.82, 2.24) is 14.8 Å². The van der Waals surface area contributed by atoms with E-state index in [1.807, 2.05) is 0 Å². The molecule has 0 aliphatic carbocycles. The van der Waals surface area contributed by atoms with Gasteiger partial charge in [0, 0.05) is 26.3 Å². The van der Waals surface area contributed by atoms with Crippen LogP contribution >= 0.6 is 0 Å². The van der Waals surface area contributed by atoms with Crippen LogP contribution in [0.2, 0.25) is 0 Å². The first-order valence-corrected chi connectivity index (χ1v) is 6.58. The van der Waals surface area contributed by atoms with E-state index in [2.05, 4.69) is 5.32 Å². The number of aryl methyl sites for hydroxylation is 1. The van der Waals surface area contributed by atoms with E-state index in [-0.39, 0.29) is 11.8 Å². The molecule has 0 bridgehead atoms. The Morgan fingerprint density at radius 3 is 2.60 bits per heavy atom. The van der Waals surface area contributed by atoms with E-state index in [1.54, 1.807) is 35.7 Å². The van der Waals surface area contributed by atoms with E-state index in [4.69, 9.17) is 10.5 Å². The number of anilines is 1. The fourth-order valence-electron chi connectivity index (χ4n) is 2.21. The number of nitrogens with two attached hydrogens (primary N) is 1. The lowest BCUT2D eigenvalue weighted by Crippen LogP contribution is -2.50. The van der Waals surface area contributed by atoms with Crippen molar-refractivity contribution in [1.29, 1.82) is 0 Å². The average Bonchev–Trinajstić information content (AvgIpc) is 2.78. The lowest BCUT2D eigenvalue weighted by atomic mass is 10.2. The Kier molecular flexibility index (Phi) is 4.29. The summed E-state index contributed by atoms with van der Waals surface area (Å²) >= 11 is 0. The van der Waals surface area contributed by atoms with Crippen LogP contribution in [-0.2, 0) is 16.6 Å². The topological polar surface area (TPSA) is 89.6 Å². The van der Waals surface area contributed by atoms with Crippen LogP contribution in [0.25, 0.3) is 0 Å². The third-order valence-electron chi connectivity index (χ3n) is 3.30. The minimum absolute atomic E-state index is 0.0937. The molecule has 1 aliphatic heterocycles. The van der Waals surface area contributed by atoms with Gasteiger partial charge in [0.25, 0.3) is 5.91 Å². The van der Waals surface area contributed by atoms with Crippen LogP contribution in [0.5, 0.6) is 0 Å². The van der Waals surface area contributed by atoms with Crippen molar-refractivity contribution in [2.45, 2.75) is 13.0 Å². The van der Waals surface area contributed by atoms with E-state index >= 15 is 0 Å². The molecule has 1 saturated heterocycles. The SMILES string of the molecule is CC(NC(=O)c1cc(N)cn1C)C(=O)N1CCOCC1. The van der Waals surface area contributed by atoms with Crippen molar-refractivity contribution >= 4 is 17.5 Å². The first kappa shape index (κ1) is 14.4. The summed E-state index contributed by atoms with van der Waals surface area (Å²) < 4.78 is 6.84. The molecule has 1 unspecified atom stereocenters. The van der Waals surface area contributed by atoms with Crippen LogP contribution in [0.3, 0.4) is 0 Å². The number of carbonyl (C=O) groups excluding carboxylic acids is 2. The molecular weight excluding hydrogens is 260 g/mol. The van der Waals surface area contributed by atoms with Crippen LogP contribution in [0.4, 0.5) is 5.69 Å². The zero-order valence-corrected chi connectivity index (χ0v) is 11.8. The minimum atomic E-state index is -0.572. The molecule has 0 radical (unpaired) electrons. The number of amides is 2. The molecule has 2 heterocycles. The summed E-state index contributed by atoms with van der Waals surface area (Å²) in [5.74, 6) is -0.401. The van der Waals surface area contributed by atoms with E-state index in [0.29, 0.717) is 37.7 Å². The van der Waals surface area contributed by atoms with Crippen molar-refractivity contribution in [3.63, 3.8) is 0 Å². The maximum absolute atomic E-state index is 12.2. The van der Waals surface area contributed by atoms with Crippen LogP contribution in [-0.4, -0.2) is 53.6 Å². The summed E-state index contributed by atoms with van der Waals surface area (Å²) in [5.41, 5.74) is 6.59. The number of aromatic nitrogens is 1. The number of carbonyl (C=O) groups is 2. The molecule has 0 aromatic carbocycles. The summed E-state index contributed by atoms with van der Waals surface area (Å²) in [7, 11) is 1.74. The van der Waals surface area contributed by atoms with Gasteiger partial charge in [-0.25, -0.2) is 0 Å². The summed E-state index contributed by atoms with van der Waals surface area (Å²) in [6, 6.07) is 1.01. The lowest BCUT2D eigenvalue weighted by molar-refractivity contribution is -0.136. The highest BCUT2D eigenvalue weighted by molar-refractivity contribution is 5.97. The standard InChI is InChI=1S/C13H20N4O3/c1-9(13(19)17-3-5-20-6-4-17)15-12(18)11-7-10(14)8-16(11)2/h7-9H,3-6,14H2,1-2H3,(H,15,18). The minimum Gasteiger partial charge on any atom is -0.397 e. The van der Waals surface area contributed by atoms with Gasteiger partial charge >= 0.3 is 0 Å². The number of morpholine rings is 1. The van der Waals surface area contributed by atoms with Crippen LogP contribution < -0.4 is 11.1 Å². The predicted molar refractivity (Wildman–Crippen MR) is 74.2 cm³/mol. The molecule has 110 valence electrons. The Hall–Kier alpha value is -2.02. The van der Waals surface area contributed by atoms with E-state index in [1.165, 1.54) is 0 Å². The fourth-order valence-corrected chi connectivity index (χ4v) is 2.21. The van der Waals surface area contributed by atoms with E-state index in [9.17, 15) is 9.59 Å². The largest absolute Gasteiger partial charge is 0.397 e. The van der Waals surface area contributed by atoms with Gasteiger partial charge in [0.1, 0.15) is 11.7 Å². The maximum Gasteiger partial charge on any atom is 0.268 e. The van der Waals surface area contributed by atoms with Crippen molar-refractivity contribution in [2.75, 3.05) is 32.0 Å². The first-order chi connectivity index (χ1) is 9.49. The molecule has 1 aromatic heterocycles. The predicted octanol–water partition coefficient (Wildman–Crippen LogP) is -0.416. The van der Waals surface area contributed by atoms with Gasteiger partial charge in [-0.3, -0.25) is 9.59 Å². The third kappa shape index (κ3) is 3.11. The normalized spacial score (nSPS) is 16.8. The summed E-state index contributed by atoms with van der Waals surface area (Å²) in [5, 5.41) is 2.70. The zero-order valence-electron chi connectivity index (χ0n) is 11.8. The Morgan fingerprint density at radius 2 is 2.05 bits per heavy atom. The number of nitrogens with one attached hydrogen (secondary N) is 1. The van der Waals surface area contributed by atoms with Crippen molar-refractivity contribution < 1.29 is 14.3 Å². The molecule has 2 amide bonds. The highest BCUT2D eigenvalue weighted by Crippen LogP contribution is 2.09. The second-order valence-corrected chi connectivity index (χ2v) is 4.90. The fraction of sp³-hybridized carbons (Fsp3) is 0.538. The Balaban J connectivity index is 1.96. The summed E-state index contributed by atoms with van der Waals surface area (Å²) in [4.78, 5) is 26.0. The Labute approximate surface area is 117 Å². The maximum atomic E-state index is 12.2. The second kappa shape index (κ2) is 5.96. The van der Waals surface area contributed by atoms with Gasteiger partial charge in [0.2, 0.25) is 5.91 Å². The molecule has 1 aromatic rings. The highest BCUT2D eigenvalue weighted by Gasteiger charge is 2.24. The molecule has 1 atom stereocenters. The average molecular weight is 280 g/mol. The number of hydrogen-bond donors (Lipinski definition) is 2. The van der Waals surface area contributed by atoms with Crippen LogP contribution in [0.1, 0.15) is 17.4 Å². The molecule has 3 N–H and O–H groups in total. The molecule has 7 heteroatoms. The number of hydrogen-bond acceptors (Lipinski definition) is 4. The van der Waals surface area contributed by atoms with Crippen molar-refractivity contribution in [2.24, 2.45) is 7.05 Å². The van der Waals surface area contributed by atoms with Crippen molar-refractivity contribution in [3.05, 3.63) is 18.0 Å². The second-order valence-electron chi connectivity index (χ2n) is 4.90. The number of nitrogen functional groups attached to an aromatic ring is 1. The molecule has 0 saturated carbocycles. The monoisotopic (exact) mass is 280 g/mol. The first-order valence-electron chi connectivity index (χ1n) is 6.58. The molecule has 0 spiro atoms. The smallest absolute Gasteiger partial charge is 0.268 e. The quantitative estimate of drug-likeness (QED) is 0.787. The number of nitrogens with zero attached hydrogens (tertiary/aromatic N) is 2. The Bertz CT molecular complexity index is 506. The van der Waals surface area contributed by atoms with Gasteiger partial charge in [-0.2, -0.15) is 0 Å². The van der Waals surface area contributed by atoms with Crippen LogP contribution in [0, 0.1) is 0 Å². The zero-order chi connectivity index (χ0) is 14.7. The number of rotatable bonds is 3. The molecule has 2 rings (SSSR count). The lowest BCUT2D eigenvalue weighted by Gasteiger charge is -2.29. The van der Waals surface area contributed by atoms with Gasteiger partial charge in [-0.1, -0.05) is 0 Å². The Morgan fingerprint density at radius 1 is 1.40 bits per heavy atom. The number of ether oxygens (including phenoxy) is 1. The van der Waals surface area contributed by atoms with Crippen molar-refractivity contribution in [3.8, 4) is 0 Å². The molecule has 1 fully saturated rings. The van der Waals surface area contributed by atoms with E-state index < -0.39 is 6.04 Å². The molecule has 20 heavy (non-hydrogen) atoms. The summed E-state index contributed by atoms with van der Waals surface area (Å²) in [6.07, 6.45) is 1.66. The third-order valence-corrected chi connectivity index (χ3v) is 3.30. The van der Waals surface area contributed by atoms with Gasteiger partial charge in [0.15, 0.2) is 0 Å². The van der Waals surface area contributed by atoms with Crippen LogP contribution in [0.15, 0.2) is 12.3 Å². The van der Waals surface area contributed by atoms with Gasteiger partial charge < -0.3 is 25.3 Å². The van der Waals surface area contributed by atoms with Gasteiger partial charge in [0.05, 0.1) is 18.9 Å². The molecule has 1 aliphatic rings. The molecular formula is C13H20N4O3. The summed E-state index contributed by atoms with van der Waals surface area (Å²) in [6.45, 7) is 3.90.